The van der Waals surface area contributed by atoms with E-state index in [1.807, 2.05) is 0 Å². The molecule has 1 N–H and O–H groups in total. The van der Waals surface area contributed by atoms with Crippen LogP contribution in [-0.2, 0) is 4.74 Å². The molecule has 0 heterocycles. The summed E-state index contributed by atoms with van der Waals surface area (Å²) in [6, 6.07) is 0.694. The summed E-state index contributed by atoms with van der Waals surface area (Å²) in [5.41, 5.74) is 0. The number of hydrogen-bond acceptors (Lipinski definition) is 2. The first-order valence-electron chi connectivity index (χ1n) is 7.16. The summed E-state index contributed by atoms with van der Waals surface area (Å²) in [5, 5.41) is 3.57. The fourth-order valence-corrected chi connectivity index (χ4v) is 1.79. The third-order valence-corrected chi connectivity index (χ3v) is 2.91. The topological polar surface area (TPSA) is 21.3 Å². The molecule has 0 spiro atoms. The van der Waals surface area contributed by atoms with E-state index in [-0.39, 0.29) is 0 Å². The highest BCUT2D eigenvalue weighted by Crippen LogP contribution is 2.03. The van der Waals surface area contributed by atoms with Gasteiger partial charge in [-0.1, -0.05) is 33.6 Å². The summed E-state index contributed by atoms with van der Waals surface area (Å²) >= 11 is 0. The van der Waals surface area contributed by atoms with Crippen LogP contribution in [-0.4, -0.2) is 25.8 Å². The maximum absolute atomic E-state index is 5.61. The summed E-state index contributed by atoms with van der Waals surface area (Å²) in [5.74, 6) is 0. The van der Waals surface area contributed by atoms with Crippen molar-refractivity contribution in [3.8, 4) is 0 Å². The molecule has 0 bridgehead atoms. The number of rotatable bonds is 12. The molecule has 1 unspecified atom stereocenters. The fourth-order valence-electron chi connectivity index (χ4n) is 1.79. The molecule has 98 valence electrons. The lowest BCUT2D eigenvalue weighted by atomic mass is 10.1. The molecule has 0 saturated carbocycles. The first kappa shape index (κ1) is 15.9. The Morgan fingerprint density at radius 1 is 0.938 bits per heavy atom. The zero-order valence-corrected chi connectivity index (χ0v) is 11.6. The second-order valence-electron chi connectivity index (χ2n) is 4.52. The van der Waals surface area contributed by atoms with E-state index in [1.54, 1.807) is 0 Å². The minimum absolute atomic E-state index is 0.694. The Bertz CT molecular complexity index is 128. The highest BCUT2D eigenvalue weighted by molar-refractivity contribution is 4.63. The van der Waals surface area contributed by atoms with Crippen molar-refractivity contribution in [2.45, 2.75) is 71.8 Å². The second kappa shape index (κ2) is 13.0. The molecule has 16 heavy (non-hydrogen) atoms. The van der Waals surface area contributed by atoms with Crippen LogP contribution in [0.3, 0.4) is 0 Å². The highest BCUT2D eigenvalue weighted by atomic mass is 16.5. The van der Waals surface area contributed by atoms with Gasteiger partial charge in [-0.25, -0.2) is 0 Å². The lowest BCUT2D eigenvalue weighted by Crippen LogP contribution is -2.29. The van der Waals surface area contributed by atoms with E-state index < -0.39 is 0 Å². The maximum Gasteiger partial charge on any atom is 0.0466 e. The zero-order chi connectivity index (χ0) is 12.1. The normalized spacial score (nSPS) is 12.9. The molecule has 0 aliphatic rings. The van der Waals surface area contributed by atoms with Crippen molar-refractivity contribution >= 4 is 0 Å². The van der Waals surface area contributed by atoms with Crippen molar-refractivity contribution < 1.29 is 4.74 Å². The van der Waals surface area contributed by atoms with Gasteiger partial charge in [0.1, 0.15) is 0 Å². The van der Waals surface area contributed by atoms with Crippen LogP contribution in [0.15, 0.2) is 0 Å². The van der Waals surface area contributed by atoms with Crippen molar-refractivity contribution in [2.24, 2.45) is 0 Å². The Balaban J connectivity index is 3.20. The average Bonchev–Trinajstić information content (AvgIpc) is 2.32. The predicted octanol–water partition coefficient (Wildman–Crippen LogP) is 3.75. The standard InChI is InChI=1S/C14H31NO/c1-4-7-8-12-16-13-9-10-14(6-3)15-11-5-2/h14-15H,4-13H2,1-3H3. The number of ether oxygens (including phenoxy) is 1. The van der Waals surface area contributed by atoms with Crippen LogP contribution in [0.5, 0.6) is 0 Å². The van der Waals surface area contributed by atoms with Gasteiger partial charge >= 0.3 is 0 Å². The van der Waals surface area contributed by atoms with Gasteiger partial charge in [-0.3, -0.25) is 0 Å². The van der Waals surface area contributed by atoms with Gasteiger partial charge < -0.3 is 10.1 Å². The second-order valence-corrected chi connectivity index (χ2v) is 4.52. The lowest BCUT2D eigenvalue weighted by Gasteiger charge is -2.16. The van der Waals surface area contributed by atoms with Crippen LogP contribution >= 0.6 is 0 Å². The van der Waals surface area contributed by atoms with Crippen molar-refractivity contribution in [3.63, 3.8) is 0 Å². The van der Waals surface area contributed by atoms with E-state index in [0.717, 1.165) is 19.8 Å². The Morgan fingerprint density at radius 3 is 2.31 bits per heavy atom. The van der Waals surface area contributed by atoms with Crippen LogP contribution in [0.1, 0.15) is 65.7 Å². The first-order valence-corrected chi connectivity index (χ1v) is 7.16. The third kappa shape index (κ3) is 10.4. The highest BCUT2D eigenvalue weighted by Gasteiger charge is 2.03. The smallest absolute Gasteiger partial charge is 0.0466 e. The molecule has 1 atom stereocenters. The molecule has 0 saturated heterocycles. The van der Waals surface area contributed by atoms with Gasteiger partial charge in [0.25, 0.3) is 0 Å². The van der Waals surface area contributed by atoms with Crippen LogP contribution in [0.25, 0.3) is 0 Å². The molecule has 0 aromatic rings. The van der Waals surface area contributed by atoms with E-state index in [9.17, 15) is 0 Å². The van der Waals surface area contributed by atoms with Crippen molar-refractivity contribution in [3.05, 3.63) is 0 Å². The van der Waals surface area contributed by atoms with Crippen LogP contribution in [0.4, 0.5) is 0 Å². The summed E-state index contributed by atoms with van der Waals surface area (Å²) in [7, 11) is 0. The summed E-state index contributed by atoms with van der Waals surface area (Å²) in [6.45, 7) is 9.74. The van der Waals surface area contributed by atoms with Gasteiger partial charge in [-0.15, -0.1) is 0 Å². The Labute approximate surface area is 102 Å². The van der Waals surface area contributed by atoms with Crippen LogP contribution in [0, 0.1) is 0 Å². The molecular formula is C14H31NO. The van der Waals surface area contributed by atoms with Gasteiger partial charge in [-0.05, 0) is 38.6 Å². The summed E-state index contributed by atoms with van der Waals surface area (Å²) < 4.78 is 5.61. The Kier molecular flexibility index (Phi) is 12.9. The molecule has 0 aliphatic heterocycles. The van der Waals surface area contributed by atoms with Gasteiger partial charge in [-0.2, -0.15) is 0 Å². The van der Waals surface area contributed by atoms with Crippen molar-refractivity contribution in [2.75, 3.05) is 19.8 Å². The summed E-state index contributed by atoms with van der Waals surface area (Å²) in [4.78, 5) is 0. The lowest BCUT2D eigenvalue weighted by molar-refractivity contribution is 0.124. The van der Waals surface area contributed by atoms with Gasteiger partial charge in [0.05, 0.1) is 0 Å². The monoisotopic (exact) mass is 229 g/mol. The molecule has 0 aliphatic carbocycles. The van der Waals surface area contributed by atoms with Crippen LogP contribution in [0.2, 0.25) is 0 Å². The van der Waals surface area contributed by atoms with Gasteiger partial charge in [0.15, 0.2) is 0 Å². The molecule has 0 radical (unpaired) electrons. The minimum atomic E-state index is 0.694. The molecule has 0 amide bonds. The first-order chi connectivity index (χ1) is 7.85. The van der Waals surface area contributed by atoms with Gasteiger partial charge in [0.2, 0.25) is 0 Å². The number of nitrogens with one attached hydrogen (secondary N) is 1. The fraction of sp³-hybridized carbons (Fsp3) is 1.00. The predicted molar refractivity (Wildman–Crippen MR) is 72.0 cm³/mol. The number of unbranched alkanes of at least 4 members (excludes halogenated alkanes) is 2. The Hall–Kier alpha value is -0.0800. The molecular weight excluding hydrogens is 198 g/mol. The van der Waals surface area contributed by atoms with E-state index >= 15 is 0 Å². The molecule has 0 aromatic heterocycles. The Morgan fingerprint density at radius 2 is 1.69 bits per heavy atom. The van der Waals surface area contributed by atoms with Crippen molar-refractivity contribution in [1.29, 1.82) is 0 Å². The summed E-state index contributed by atoms with van der Waals surface area (Å²) in [6.07, 6.45) is 8.71. The quantitative estimate of drug-likeness (QED) is 0.515. The van der Waals surface area contributed by atoms with E-state index in [0.29, 0.717) is 6.04 Å². The minimum Gasteiger partial charge on any atom is -0.381 e. The van der Waals surface area contributed by atoms with Gasteiger partial charge in [0, 0.05) is 19.3 Å². The van der Waals surface area contributed by atoms with E-state index in [4.69, 9.17) is 4.74 Å². The molecule has 0 rings (SSSR count). The molecule has 2 nitrogen and oxygen atoms in total. The van der Waals surface area contributed by atoms with Crippen molar-refractivity contribution in [1.82, 2.24) is 5.32 Å². The average molecular weight is 229 g/mol. The zero-order valence-electron chi connectivity index (χ0n) is 11.6. The van der Waals surface area contributed by atoms with Crippen LogP contribution < -0.4 is 5.32 Å². The molecule has 0 aromatic carbocycles. The SMILES string of the molecule is CCCCCOCCCC(CC)NCCC. The van der Waals surface area contributed by atoms with E-state index in [2.05, 4.69) is 26.1 Å². The third-order valence-electron chi connectivity index (χ3n) is 2.91. The number of hydrogen-bond donors (Lipinski definition) is 1. The van der Waals surface area contributed by atoms with E-state index in [1.165, 1.54) is 44.9 Å². The largest absolute Gasteiger partial charge is 0.381 e. The molecule has 2 heteroatoms. The molecule has 0 fully saturated rings. The maximum atomic E-state index is 5.61.